The molecule has 0 unspecified atom stereocenters. The van der Waals surface area contributed by atoms with Gasteiger partial charge in [0, 0.05) is 24.3 Å². The zero-order valence-electron chi connectivity index (χ0n) is 15.9. The first kappa shape index (κ1) is 17.3. The molecule has 2 aliphatic rings. The minimum absolute atomic E-state index is 0.0202. The summed E-state index contributed by atoms with van der Waals surface area (Å²) in [6.07, 6.45) is 2.22. The molecule has 5 rings (SSSR count). The minimum atomic E-state index is -0.0202. The zero-order chi connectivity index (χ0) is 19.1. The van der Waals surface area contributed by atoms with Gasteiger partial charge in [-0.05, 0) is 56.1 Å². The molecular formula is C22H23N3O3. The molecule has 3 aromatic rings. The van der Waals surface area contributed by atoms with Crippen LogP contribution < -0.4 is 15.0 Å². The molecule has 28 heavy (non-hydrogen) atoms. The monoisotopic (exact) mass is 377 g/mol. The average molecular weight is 377 g/mol. The lowest BCUT2D eigenvalue weighted by molar-refractivity contribution is 0.170. The van der Waals surface area contributed by atoms with E-state index in [1.165, 1.54) is 5.56 Å². The molecule has 0 bridgehead atoms. The molecule has 1 fully saturated rings. The van der Waals surface area contributed by atoms with Gasteiger partial charge in [-0.1, -0.05) is 12.1 Å². The number of hydrogen-bond acceptors (Lipinski definition) is 5. The van der Waals surface area contributed by atoms with Crippen LogP contribution in [0.1, 0.15) is 35.8 Å². The van der Waals surface area contributed by atoms with Gasteiger partial charge < -0.3 is 9.47 Å². The van der Waals surface area contributed by atoms with Crippen molar-refractivity contribution in [1.82, 2.24) is 14.3 Å². The molecule has 0 saturated carbocycles. The molecule has 144 valence electrons. The van der Waals surface area contributed by atoms with Gasteiger partial charge in [-0.2, -0.15) is 0 Å². The minimum Gasteiger partial charge on any atom is -0.486 e. The highest BCUT2D eigenvalue weighted by Gasteiger charge is 2.28. The summed E-state index contributed by atoms with van der Waals surface area (Å²) in [7, 11) is 0. The molecule has 0 spiro atoms. The summed E-state index contributed by atoms with van der Waals surface area (Å²) >= 11 is 0. The highest BCUT2D eigenvalue weighted by Crippen LogP contribution is 2.38. The van der Waals surface area contributed by atoms with Gasteiger partial charge in [0.05, 0.1) is 5.69 Å². The average Bonchev–Trinajstić information content (AvgIpc) is 3.15. The Bertz CT molecular complexity index is 1090. The molecule has 1 saturated heterocycles. The van der Waals surface area contributed by atoms with E-state index in [9.17, 15) is 4.79 Å². The zero-order valence-corrected chi connectivity index (χ0v) is 15.9. The van der Waals surface area contributed by atoms with Gasteiger partial charge in [0.15, 0.2) is 11.5 Å². The first-order valence-electron chi connectivity index (χ1n) is 9.81. The Labute approximate surface area is 163 Å². The van der Waals surface area contributed by atoms with Gasteiger partial charge in [0.1, 0.15) is 18.9 Å². The van der Waals surface area contributed by atoms with Crippen molar-refractivity contribution in [1.29, 1.82) is 0 Å². The fraction of sp³-hybridized carbons (Fsp3) is 0.364. The van der Waals surface area contributed by atoms with Gasteiger partial charge in [-0.3, -0.25) is 14.1 Å². The van der Waals surface area contributed by atoms with Gasteiger partial charge >= 0.3 is 0 Å². The molecule has 0 radical (unpaired) electrons. The van der Waals surface area contributed by atoms with Crippen molar-refractivity contribution in [2.24, 2.45) is 0 Å². The second-order valence-electron chi connectivity index (χ2n) is 7.48. The number of nitrogens with zero attached hydrogens (tertiary/aromatic N) is 3. The maximum Gasteiger partial charge on any atom is 0.258 e. The van der Waals surface area contributed by atoms with E-state index in [2.05, 4.69) is 17.0 Å². The van der Waals surface area contributed by atoms with Crippen molar-refractivity contribution in [2.45, 2.75) is 32.4 Å². The molecule has 2 aromatic heterocycles. The second-order valence-corrected chi connectivity index (χ2v) is 7.48. The predicted molar refractivity (Wildman–Crippen MR) is 106 cm³/mol. The molecule has 6 nitrogen and oxygen atoms in total. The smallest absolute Gasteiger partial charge is 0.258 e. The lowest BCUT2D eigenvalue weighted by Crippen LogP contribution is -2.26. The Morgan fingerprint density at radius 1 is 1.11 bits per heavy atom. The topological polar surface area (TPSA) is 56.1 Å². The van der Waals surface area contributed by atoms with Crippen LogP contribution in [0.25, 0.3) is 5.65 Å². The number of likely N-dealkylation sites (tertiary alicyclic amines) is 1. The van der Waals surface area contributed by atoms with Gasteiger partial charge in [0.25, 0.3) is 5.56 Å². The number of hydrogen-bond donors (Lipinski definition) is 0. The van der Waals surface area contributed by atoms with E-state index in [1.807, 2.05) is 31.2 Å². The summed E-state index contributed by atoms with van der Waals surface area (Å²) in [4.78, 5) is 19.7. The summed E-state index contributed by atoms with van der Waals surface area (Å²) < 4.78 is 13.1. The van der Waals surface area contributed by atoms with E-state index in [0.29, 0.717) is 31.4 Å². The summed E-state index contributed by atoms with van der Waals surface area (Å²) in [5.74, 6) is 1.65. The highest BCUT2D eigenvalue weighted by atomic mass is 16.6. The van der Waals surface area contributed by atoms with E-state index < -0.39 is 0 Å². The fourth-order valence-electron chi connectivity index (χ4n) is 4.31. The molecule has 4 heterocycles. The molecule has 1 aromatic carbocycles. The van der Waals surface area contributed by atoms with Gasteiger partial charge in [0.2, 0.25) is 0 Å². The predicted octanol–water partition coefficient (Wildman–Crippen LogP) is 3.11. The summed E-state index contributed by atoms with van der Waals surface area (Å²) in [5, 5.41) is 0. The maximum absolute atomic E-state index is 12.6. The molecule has 0 amide bonds. The van der Waals surface area contributed by atoms with Crippen molar-refractivity contribution < 1.29 is 9.47 Å². The number of benzene rings is 1. The summed E-state index contributed by atoms with van der Waals surface area (Å²) in [6, 6.07) is 14.0. The number of ether oxygens (including phenoxy) is 2. The first-order chi connectivity index (χ1) is 13.7. The third kappa shape index (κ3) is 3.03. The van der Waals surface area contributed by atoms with Crippen LogP contribution in [0.15, 0.2) is 47.3 Å². The van der Waals surface area contributed by atoms with E-state index in [0.717, 1.165) is 42.3 Å². The van der Waals surface area contributed by atoms with Crippen LogP contribution in [-0.2, 0) is 6.54 Å². The van der Waals surface area contributed by atoms with Crippen LogP contribution >= 0.6 is 0 Å². The Morgan fingerprint density at radius 2 is 1.96 bits per heavy atom. The van der Waals surface area contributed by atoms with Crippen LogP contribution in [-0.4, -0.2) is 34.0 Å². The summed E-state index contributed by atoms with van der Waals surface area (Å²) in [6.45, 7) is 4.78. The normalized spacial score (nSPS) is 19.2. The molecule has 0 N–H and O–H groups in total. The van der Waals surface area contributed by atoms with E-state index in [4.69, 9.17) is 14.5 Å². The van der Waals surface area contributed by atoms with Gasteiger partial charge in [-0.25, -0.2) is 4.98 Å². The number of pyridine rings is 1. The number of fused-ring (bicyclic) bond motifs is 2. The third-order valence-electron chi connectivity index (χ3n) is 5.61. The SMILES string of the molecule is Cc1cccc2nc(CN3CCC[C@@H]3c3ccc4c(c3)OCCO4)cc(=O)n12. The van der Waals surface area contributed by atoms with Crippen molar-refractivity contribution >= 4 is 5.65 Å². The number of aromatic nitrogens is 2. The Balaban J connectivity index is 1.43. The first-order valence-corrected chi connectivity index (χ1v) is 9.81. The molecular weight excluding hydrogens is 354 g/mol. The number of rotatable bonds is 3. The van der Waals surface area contributed by atoms with E-state index in [1.54, 1.807) is 10.5 Å². The standard InChI is InChI=1S/C22H23N3O3/c1-15-4-2-6-21-23-17(13-22(26)25(15)21)14-24-9-3-5-18(24)16-7-8-19-20(12-16)28-11-10-27-19/h2,4,6-8,12-13,18H,3,5,9-11,14H2,1H3/t18-/m1/s1. The molecule has 6 heteroatoms. The lowest BCUT2D eigenvalue weighted by atomic mass is 10.0. The van der Waals surface area contributed by atoms with E-state index >= 15 is 0 Å². The largest absolute Gasteiger partial charge is 0.486 e. The van der Waals surface area contributed by atoms with Crippen molar-refractivity contribution in [3.05, 3.63) is 69.8 Å². The lowest BCUT2D eigenvalue weighted by Gasteiger charge is -2.26. The maximum atomic E-state index is 12.6. The Kier molecular flexibility index (Phi) is 4.28. The quantitative estimate of drug-likeness (QED) is 0.702. The van der Waals surface area contributed by atoms with Crippen molar-refractivity contribution in [3.8, 4) is 11.5 Å². The Hall–Kier alpha value is -2.86. The van der Waals surface area contributed by atoms with E-state index in [-0.39, 0.29) is 5.56 Å². The van der Waals surface area contributed by atoms with Crippen LogP contribution in [0.2, 0.25) is 0 Å². The Morgan fingerprint density at radius 3 is 2.86 bits per heavy atom. The highest BCUT2D eigenvalue weighted by molar-refractivity contribution is 5.45. The second kappa shape index (κ2) is 6.95. The molecule has 2 aliphatic heterocycles. The van der Waals surface area contributed by atoms with Crippen LogP contribution in [0, 0.1) is 6.92 Å². The van der Waals surface area contributed by atoms with Crippen LogP contribution in [0.5, 0.6) is 11.5 Å². The van der Waals surface area contributed by atoms with Crippen LogP contribution in [0.3, 0.4) is 0 Å². The van der Waals surface area contributed by atoms with Crippen molar-refractivity contribution in [3.63, 3.8) is 0 Å². The third-order valence-corrected chi connectivity index (χ3v) is 5.61. The molecule has 0 aliphatic carbocycles. The van der Waals surface area contributed by atoms with Crippen LogP contribution in [0.4, 0.5) is 0 Å². The fourth-order valence-corrected chi connectivity index (χ4v) is 4.31. The molecule has 1 atom stereocenters. The summed E-state index contributed by atoms with van der Waals surface area (Å²) in [5.41, 5.74) is 3.64. The van der Waals surface area contributed by atoms with Gasteiger partial charge in [-0.15, -0.1) is 0 Å². The van der Waals surface area contributed by atoms with Crippen molar-refractivity contribution in [2.75, 3.05) is 19.8 Å². The number of aryl methyl sites for hydroxylation is 1.